The molecular weight excluding hydrogens is 403 g/mol. The molecule has 2 heterocycles. The van der Waals surface area contributed by atoms with Gasteiger partial charge in [0.25, 0.3) is 5.91 Å². The second kappa shape index (κ2) is 8.49. The van der Waals surface area contributed by atoms with Crippen molar-refractivity contribution in [2.45, 2.75) is 51.0 Å². The van der Waals surface area contributed by atoms with Gasteiger partial charge >= 0.3 is 5.97 Å². The zero-order chi connectivity index (χ0) is 22.1. The topological polar surface area (TPSA) is 119 Å². The summed E-state index contributed by atoms with van der Waals surface area (Å²) in [5, 5.41) is 8.97. The molecule has 1 aromatic heterocycles. The lowest BCUT2D eigenvalue weighted by Crippen LogP contribution is -2.36. The summed E-state index contributed by atoms with van der Waals surface area (Å²) in [5.41, 5.74) is 6.99. The number of carbonyl (C=O) groups is 2. The molecular formula is C22H25FN4O4. The number of benzene rings is 1. The van der Waals surface area contributed by atoms with E-state index in [1.807, 2.05) is 0 Å². The maximum absolute atomic E-state index is 15.1. The van der Waals surface area contributed by atoms with E-state index in [0.29, 0.717) is 11.3 Å². The van der Waals surface area contributed by atoms with Gasteiger partial charge in [0, 0.05) is 12.1 Å². The number of nitrogens with zero attached hydrogens (tertiary/aromatic N) is 3. The SMILES string of the molecule is C[C@@H]1CN(c2ccc([C@H]3CC[C@H](CC(=O)O)CC3)c(F)c2)C(=O)c2c(N)ncnc2O1. The van der Waals surface area contributed by atoms with Crippen LogP contribution in [0.2, 0.25) is 0 Å². The number of rotatable bonds is 4. The first-order valence-corrected chi connectivity index (χ1v) is 10.4. The number of hydrogen-bond acceptors (Lipinski definition) is 6. The predicted octanol–water partition coefficient (Wildman–Crippen LogP) is 3.37. The van der Waals surface area contributed by atoms with Gasteiger partial charge in [0.1, 0.15) is 29.6 Å². The van der Waals surface area contributed by atoms with Gasteiger partial charge in [-0.3, -0.25) is 9.59 Å². The second-order valence-corrected chi connectivity index (χ2v) is 8.30. The molecule has 1 fully saturated rings. The number of carboxylic acid groups (broad SMARTS) is 1. The van der Waals surface area contributed by atoms with Crippen molar-refractivity contribution in [1.29, 1.82) is 0 Å². The van der Waals surface area contributed by atoms with Crippen molar-refractivity contribution in [1.82, 2.24) is 9.97 Å². The molecule has 2 aliphatic rings. The summed E-state index contributed by atoms with van der Waals surface area (Å²) in [6.07, 6.45) is 4.09. The zero-order valence-electron chi connectivity index (χ0n) is 17.3. The number of aromatic nitrogens is 2. The van der Waals surface area contributed by atoms with Crippen LogP contribution in [0.1, 0.15) is 60.9 Å². The number of nitrogen functional groups attached to an aromatic ring is 1. The van der Waals surface area contributed by atoms with Crippen LogP contribution in [0.15, 0.2) is 24.5 Å². The van der Waals surface area contributed by atoms with Crippen LogP contribution in [0.4, 0.5) is 15.9 Å². The number of fused-ring (bicyclic) bond motifs is 1. The van der Waals surface area contributed by atoms with Crippen LogP contribution in [0.25, 0.3) is 0 Å². The van der Waals surface area contributed by atoms with Gasteiger partial charge in [-0.05, 0) is 62.1 Å². The molecule has 9 heteroatoms. The van der Waals surface area contributed by atoms with Crippen LogP contribution in [0.5, 0.6) is 5.88 Å². The summed E-state index contributed by atoms with van der Waals surface area (Å²) in [7, 11) is 0. The number of anilines is 2. The number of ether oxygens (including phenoxy) is 1. The van der Waals surface area contributed by atoms with Crippen LogP contribution in [-0.2, 0) is 4.79 Å². The van der Waals surface area contributed by atoms with Gasteiger partial charge in [-0.1, -0.05) is 6.07 Å². The molecule has 0 radical (unpaired) electrons. The molecule has 1 aliphatic heterocycles. The van der Waals surface area contributed by atoms with Crippen LogP contribution >= 0.6 is 0 Å². The van der Waals surface area contributed by atoms with E-state index in [4.69, 9.17) is 15.6 Å². The number of hydrogen-bond donors (Lipinski definition) is 2. The van der Waals surface area contributed by atoms with Gasteiger partial charge in [-0.2, -0.15) is 0 Å². The van der Waals surface area contributed by atoms with Gasteiger partial charge < -0.3 is 20.5 Å². The van der Waals surface area contributed by atoms with Crippen molar-refractivity contribution < 1.29 is 23.8 Å². The number of carbonyl (C=O) groups excluding carboxylic acids is 1. The van der Waals surface area contributed by atoms with E-state index in [-0.39, 0.29) is 54.0 Å². The Kier molecular flexibility index (Phi) is 5.75. The Labute approximate surface area is 179 Å². The molecule has 164 valence electrons. The molecule has 0 saturated heterocycles. The monoisotopic (exact) mass is 428 g/mol. The van der Waals surface area contributed by atoms with Crippen molar-refractivity contribution in [3.63, 3.8) is 0 Å². The minimum absolute atomic E-state index is 0.0179. The number of carboxylic acids is 1. The van der Waals surface area contributed by atoms with Crippen LogP contribution in [0.3, 0.4) is 0 Å². The molecule has 4 rings (SSSR count). The molecule has 0 unspecified atom stereocenters. The summed E-state index contributed by atoms with van der Waals surface area (Å²) in [5.74, 6) is -1.24. The van der Waals surface area contributed by atoms with Crippen LogP contribution in [0, 0.1) is 11.7 Å². The minimum atomic E-state index is -0.785. The number of aliphatic carboxylic acids is 1. The van der Waals surface area contributed by atoms with E-state index < -0.39 is 11.9 Å². The maximum Gasteiger partial charge on any atom is 0.303 e. The number of amides is 1. The highest BCUT2D eigenvalue weighted by Crippen LogP contribution is 2.39. The highest BCUT2D eigenvalue weighted by Gasteiger charge is 2.32. The van der Waals surface area contributed by atoms with E-state index in [2.05, 4.69) is 9.97 Å². The second-order valence-electron chi connectivity index (χ2n) is 8.30. The minimum Gasteiger partial charge on any atom is -0.481 e. The molecule has 1 aromatic carbocycles. The van der Waals surface area contributed by atoms with E-state index >= 15 is 4.39 Å². The quantitative estimate of drug-likeness (QED) is 0.766. The zero-order valence-corrected chi connectivity index (χ0v) is 17.3. The Morgan fingerprint density at radius 2 is 2.03 bits per heavy atom. The fourth-order valence-corrected chi connectivity index (χ4v) is 4.54. The van der Waals surface area contributed by atoms with E-state index in [1.54, 1.807) is 19.1 Å². The van der Waals surface area contributed by atoms with Gasteiger partial charge in [-0.25, -0.2) is 14.4 Å². The third-order valence-corrected chi connectivity index (χ3v) is 6.10. The lowest BCUT2D eigenvalue weighted by atomic mass is 9.77. The Bertz CT molecular complexity index is 1010. The van der Waals surface area contributed by atoms with Crippen molar-refractivity contribution >= 4 is 23.4 Å². The van der Waals surface area contributed by atoms with E-state index in [9.17, 15) is 9.59 Å². The molecule has 1 saturated carbocycles. The summed E-state index contributed by atoms with van der Waals surface area (Å²) in [6.45, 7) is 2.02. The van der Waals surface area contributed by atoms with Crippen LogP contribution in [-0.4, -0.2) is 39.6 Å². The molecule has 31 heavy (non-hydrogen) atoms. The van der Waals surface area contributed by atoms with Crippen molar-refractivity contribution in [2.24, 2.45) is 5.92 Å². The standard InChI is InChI=1S/C22H25FN4O4/c1-12-10-27(22(30)19-20(24)25-11-26-21(19)31-12)15-6-7-16(17(23)9-15)14-4-2-13(3-5-14)8-18(28)29/h6-7,9,11-14H,2-5,8,10H2,1H3,(H,28,29)(H2,24,25,26)/t12-,13-,14-/m1/s1. The number of halogens is 1. The first-order valence-electron chi connectivity index (χ1n) is 10.4. The average Bonchev–Trinajstić information content (AvgIpc) is 2.85. The Morgan fingerprint density at radius 3 is 2.71 bits per heavy atom. The molecule has 0 bridgehead atoms. The van der Waals surface area contributed by atoms with Crippen molar-refractivity contribution in [2.75, 3.05) is 17.2 Å². The molecule has 1 atom stereocenters. The summed E-state index contributed by atoms with van der Waals surface area (Å²) < 4.78 is 20.8. The van der Waals surface area contributed by atoms with Crippen molar-refractivity contribution in [3.8, 4) is 5.88 Å². The Balaban J connectivity index is 1.56. The Hall–Kier alpha value is -3.23. The van der Waals surface area contributed by atoms with Gasteiger partial charge in [0.05, 0.1) is 6.54 Å². The third-order valence-electron chi connectivity index (χ3n) is 6.10. The number of nitrogens with two attached hydrogens (primary N) is 1. The normalized spacial score (nSPS) is 23.6. The van der Waals surface area contributed by atoms with Gasteiger partial charge in [-0.15, -0.1) is 0 Å². The fourth-order valence-electron chi connectivity index (χ4n) is 4.54. The molecule has 3 N–H and O–H groups in total. The van der Waals surface area contributed by atoms with E-state index in [0.717, 1.165) is 25.7 Å². The fraction of sp³-hybridized carbons (Fsp3) is 0.455. The molecule has 2 aromatic rings. The summed E-state index contributed by atoms with van der Waals surface area (Å²) in [4.78, 5) is 33.4. The first kappa shape index (κ1) is 21.0. The lowest BCUT2D eigenvalue weighted by Gasteiger charge is -2.29. The molecule has 8 nitrogen and oxygen atoms in total. The van der Waals surface area contributed by atoms with Gasteiger partial charge in [0.2, 0.25) is 5.88 Å². The highest BCUT2D eigenvalue weighted by molar-refractivity contribution is 6.10. The molecule has 1 aliphatic carbocycles. The summed E-state index contributed by atoms with van der Waals surface area (Å²) >= 11 is 0. The predicted molar refractivity (Wildman–Crippen MR) is 112 cm³/mol. The average molecular weight is 428 g/mol. The first-order chi connectivity index (χ1) is 14.8. The smallest absolute Gasteiger partial charge is 0.303 e. The van der Waals surface area contributed by atoms with Crippen molar-refractivity contribution in [3.05, 3.63) is 41.5 Å². The summed E-state index contributed by atoms with van der Waals surface area (Å²) in [6, 6.07) is 4.83. The maximum atomic E-state index is 15.1. The highest BCUT2D eigenvalue weighted by atomic mass is 19.1. The van der Waals surface area contributed by atoms with E-state index in [1.165, 1.54) is 17.3 Å². The third kappa shape index (κ3) is 4.30. The van der Waals surface area contributed by atoms with Crippen LogP contribution < -0.4 is 15.4 Å². The molecule has 1 amide bonds. The Morgan fingerprint density at radius 1 is 1.29 bits per heavy atom. The molecule has 0 spiro atoms. The lowest BCUT2D eigenvalue weighted by molar-refractivity contribution is -0.138. The largest absolute Gasteiger partial charge is 0.481 e. The van der Waals surface area contributed by atoms with Gasteiger partial charge in [0.15, 0.2) is 0 Å².